The van der Waals surface area contributed by atoms with Crippen molar-refractivity contribution in [3.63, 3.8) is 0 Å². The number of furan rings is 1. The number of carbonyl (C=O) groups is 1. The number of aryl methyl sites for hydroxylation is 1. The van der Waals surface area contributed by atoms with E-state index in [9.17, 15) is 4.79 Å². The smallest absolute Gasteiger partial charge is 0.339 e. The van der Waals surface area contributed by atoms with Crippen molar-refractivity contribution in [3.05, 3.63) is 46.0 Å². The predicted molar refractivity (Wildman–Crippen MR) is 71.7 cm³/mol. The number of pyridine rings is 1. The minimum absolute atomic E-state index is 0.117. The van der Waals surface area contributed by atoms with Crippen molar-refractivity contribution in [2.75, 3.05) is 5.32 Å². The number of nitrogens with zero attached hydrogens (tertiary/aromatic N) is 2. The number of anilines is 1. The number of halogens is 1. The van der Waals surface area contributed by atoms with E-state index in [-0.39, 0.29) is 17.1 Å². The molecule has 0 amide bonds. The van der Waals surface area contributed by atoms with Crippen LogP contribution in [0.3, 0.4) is 0 Å². The molecule has 2 heterocycles. The average Bonchev–Trinajstić information content (AvgIpc) is 2.79. The summed E-state index contributed by atoms with van der Waals surface area (Å²) in [6, 6.07) is 4.89. The highest BCUT2D eigenvalue weighted by Crippen LogP contribution is 2.24. The maximum absolute atomic E-state index is 10.9. The number of carboxylic acids is 1. The predicted octanol–water partition coefficient (Wildman–Crippen LogP) is 2.82. The molecule has 0 saturated carbocycles. The Labute approximate surface area is 119 Å². The number of nitrogens with one attached hydrogen (secondary N) is 1. The Morgan fingerprint density at radius 2 is 2.40 bits per heavy atom. The van der Waals surface area contributed by atoms with Gasteiger partial charge in [-0.15, -0.1) is 0 Å². The molecular formula is C13H10ClN3O3. The van der Waals surface area contributed by atoms with Crippen LogP contribution in [-0.2, 0) is 6.54 Å². The number of rotatable bonds is 4. The molecule has 2 N–H and O–H groups in total. The average molecular weight is 292 g/mol. The highest BCUT2D eigenvalue weighted by molar-refractivity contribution is 6.34. The highest BCUT2D eigenvalue weighted by Gasteiger charge is 2.14. The minimum atomic E-state index is -1.04. The van der Waals surface area contributed by atoms with E-state index in [4.69, 9.17) is 26.4 Å². The van der Waals surface area contributed by atoms with Crippen molar-refractivity contribution in [3.8, 4) is 6.07 Å². The van der Waals surface area contributed by atoms with Crippen molar-refractivity contribution in [2.45, 2.75) is 13.5 Å². The van der Waals surface area contributed by atoms with E-state index in [1.165, 1.54) is 18.3 Å². The topological polar surface area (TPSA) is 99.2 Å². The summed E-state index contributed by atoms with van der Waals surface area (Å²) in [5.74, 6) is 0.0797. The zero-order chi connectivity index (χ0) is 14.7. The molecule has 6 nitrogen and oxygen atoms in total. The number of aromatic carboxylic acids is 1. The van der Waals surface area contributed by atoms with Gasteiger partial charge < -0.3 is 14.8 Å². The van der Waals surface area contributed by atoms with Crippen LogP contribution in [0, 0.1) is 18.3 Å². The lowest BCUT2D eigenvalue weighted by Crippen LogP contribution is -2.02. The summed E-state index contributed by atoms with van der Waals surface area (Å²) >= 11 is 5.99. The number of hydrogen-bond donors (Lipinski definition) is 2. The first-order valence-electron chi connectivity index (χ1n) is 5.64. The van der Waals surface area contributed by atoms with E-state index < -0.39 is 5.97 Å². The van der Waals surface area contributed by atoms with E-state index in [1.54, 1.807) is 6.92 Å². The summed E-state index contributed by atoms with van der Waals surface area (Å²) in [6.07, 6.45) is 1.46. The lowest BCUT2D eigenvalue weighted by atomic mass is 10.2. The Bertz CT molecular complexity index is 703. The van der Waals surface area contributed by atoms with Crippen molar-refractivity contribution >= 4 is 23.4 Å². The zero-order valence-corrected chi connectivity index (χ0v) is 11.2. The van der Waals surface area contributed by atoms with Gasteiger partial charge in [0.2, 0.25) is 0 Å². The van der Waals surface area contributed by atoms with Gasteiger partial charge in [-0.1, -0.05) is 11.6 Å². The molecule has 0 bridgehead atoms. The third kappa shape index (κ3) is 2.73. The second-order valence-corrected chi connectivity index (χ2v) is 4.35. The Morgan fingerprint density at radius 1 is 1.65 bits per heavy atom. The third-order valence-electron chi connectivity index (χ3n) is 2.64. The number of hydrogen-bond acceptors (Lipinski definition) is 5. The van der Waals surface area contributed by atoms with Gasteiger partial charge in [0.05, 0.1) is 12.1 Å². The van der Waals surface area contributed by atoms with Gasteiger partial charge in [0.1, 0.15) is 34.0 Å². The molecule has 0 atom stereocenters. The third-order valence-corrected chi connectivity index (χ3v) is 3.02. The molecule has 0 spiro atoms. The highest BCUT2D eigenvalue weighted by atomic mass is 35.5. The molecule has 7 heteroatoms. The molecule has 0 radical (unpaired) electrons. The monoisotopic (exact) mass is 291 g/mol. The molecule has 20 heavy (non-hydrogen) atoms. The minimum Gasteiger partial charge on any atom is -0.478 e. The van der Waals surface area contributed by atoms with Crippen LogP contribution >= 0.6 is 11.6 Å². The van der Waals surface area contributed by atoms with Gasteiger partial charge in [-0.2, -0.15) is 5.26 Å². The SMILES string of the molecule is Cc1oc(CNc2nccc(C#N)c2Cl)cc1C(=O)O. The van der Waals surface area contributed by atoms with Gasteiger partial charge in [0.15, 0.2) is 0 Å². The van der Waals surface area contributed by atoms with E-state index in [1.807, 2.05) is 6.07 Å². The number of aromatic nitrogens is 1. The van der Waals surface area contributed by atoms with Gasteiger partial charge in [-0.3, -0.25) is 0 Å². The lowest BCUT2D eigenvalue weighted by Gasteiger charge is -2.06. The van der Waals surface area contributed by atoms with E-state index in [0.29, 0.717) is 22.9 Å². The van der Waals surface area contributed by atoms with Gasteiger partial charge in [-0.05, 0) is 19.1 Å². The molecule has 0 aromatic carbocycles. The first-order valence-corrected chi connectivity index (χ1v) is 6.01. The molecule has 0 aliphatic rings. The van der Waals surface area contributed by atoms with E-state index in [0.717, 1.165) is 0 Å². The Balaban J connectivity index is 2.16. The second-order valence-electron chi connectivity index (χ2n) is 3.97. The summed E-state index contributed by atoms with van der Waals surface area (Å²) in [5.41, 5.74) is 0.428. The number of nitriles is 1. The second kappa shape index (κ2) is 5.63. The van der Waals surface area contributed by atoms with Gasteiger partial charge in [0, 0.05) is 6.20 Å². The molecular weight excluding hydrogens is 282 g/mol. The van der Waals surface area contributed by atoms with Crippen molar-refractivity contribution in [1.82, 2.24) is 4.98 Å². The van der Waals surface area contributed by atoms with Gasteiger partial charge in [-0.25, -0.2) is 9.78 Å². The molecule has 0 aliphatic heterocycles. The quantitative estimate of drug-likeness (QED) is 0.898. The maximum atomic E-state index is 10.9. The fraction of sp³-hybridized carbons (Fsp3) is 0.154. The van der Waals surface area contributed by atoms with E-state index in [2.05, 4.69) is 10.3 Å². The molecule has 2 aromatic heterocycles. The van der Waals surface area contributed by atoms with Crippen molar-refractivity contribution < 1.29 is 14.3 Å². The van der Waals surface area contributed by atoms with Crippen LogP contribution in [0.2, 0.25) is 5.02 Å². The van der Waals surface area contributed by atoms with E-state index >= 15 is 0 Å². The van der Waals surface area contributed by atoms with Crippen LogP contribution in [0.4, 0.5) is 5.82 Å². The first kappa shape index (κ1) is 13.9. The van der Waals surface area contributed by atoms with Crippen molar-refractivity contribution in [1.29, 1.82) is 5.26 Å². The summed E-state index contributed by atoms with van der Waals surface area (Å²) < 4.78 is 5.31. The van der Waals surface area contributed by atoms with Crippen LogP contribution in [0.25, 0.3) is 0 Å². The lowest BCUT2D eigenvalue weighted by molar-refractivity contribution is 0.0695. The van der Waals surface area contributed by atoms with Gasteiger partial charge in [0.25, 0.3) is 0 Å². The van der Waals surface area contributed by atoms with Gasteiger partial charge >= 0.3 is 5.97 Å². The molecule has 2 aromatic rings. The van der Waals surface area contributed by atoms with Crippen LogP contribution in [0.1, 0.15) is 27.4 Å². The molecule has 0 aliphatic carbocycles. The Hall–Kier alpha value is -2.52. The fourth-order valence-corrected chi connectivity index (χ4v) is 1.89. The Morgan fingerprint density at radius 3 is 3.00 bits per heavy atom. The maximum Gasteiger partial charge on any atom is 0.339 e. The normalized spacial score (nSPS) is 10.1. The summed E-state index contributed by atoms with van der Waals surface area (Å²) in [4.78, 5) is 14.9. The first-order chi connectivity index (χ1) is 9.52. The zero-order valence-electron chi connectivity index (χ0n) is 10.5. The molecule has 0 fully saturated rings. The fourth-order valence-electron chi connectivity index (χ4n) is 1.67. The van der Waals surface area contributed by atoms with Crippen LogP contribution in [-0.4, -0.2) is 16.1 Å². The molecule has 0 saturated heterocycles. The van der Waals surface area contributed by atoms with Crippen LogP contribution in [0.5, 0.6) is 0 Å². The summed E-state index contributed by atoms with van der Waals surface area (Å²) in [6.45, 7) is 1.80. The van der Waals surface area contributed by atoms with Crippen LogP contribution < -0.4 is 5.32 Å². The number of carboxylic acid groups (broad SMARTS) is 1. The summed E-state index contributed by atoms with van der Waals surface area (Å²) in [5, 5.41) is 20.9. The largest absolute Gasteiger partial charge is 0.478 e. The molecule has 0 unspecified atom stereocenters. The Kier molecular flexibility index (Phi) is 3.91. The summed E-state index contributed by atoms with van der Waals surface area (Å²) in [7, 11) is 0. The molecule has 2 rings (SSSR count). The van der Waals surface area contributed by atoms with Crippen LogP contribution in [0.15, 0.2) is 22.7 Å². The van der Waals surface area contributed by atoms with Crippen molar-refractivity contribution in [2.24, 2.45) is 0 Å². The standard InChI is InChI=1S/C13H10ClN3O3/c1-7-10(13(18)19)4-9(20-7)6-17-12-11(14)8(5-15)2-3-16-12/h2-4H,6H2,1H3,(H,16,17)(H,18,19). The molecule has 102 valence electrons.